The molecule has 0 atom stereocenters. The quantitative estimate of drug-likeness (QED) is 0.353. The summed E-state index contributed by atoms with van der Waals surface area (Å²) in [4.78, 5) is 30.9. The van der Waals surface area contributed by atoms with E-state index in [9.17, 15) is 4.79 Å². The lowest BCUT2D eigenvalue weighted by molar-refractivity contribution is 0.102. The Morgan fingerprint density at radius 2 is 1.76 bits per heavy atom. The van der Waals surface area contributed by atoms with Crippen molar-refractivity contribution in [3.05, 3.63) is 95.9 Å². The second-order valence-electron chi connectivity index (χ2n) is 9.39. The van der Waals surface area contributed by atoms with Crippen LogP contribution >= 0.6 is 0 Å². The third-order valence-corrected chi connectivity index (χ3v) is 6.57. The van der Waals surface area contributed by atoms with Gasteiger partial charge in [0.15, 0.2) is 0 Å². The number of hydrogen-bond donors (Lipinski definition) is 2. The number of amides is 1. The lowest BCUT2D eigenvalue weighted by Gasteiger charge is -2.32. The van der Waals surface area contributed by atoms with Crippen LogP contribution in [0, 0.1) is 6.92 Å². The van der Waals surface area contributed by atoms with Crippen LogP contribution in [0.25, 0.3) is 11.3 Å². The lowest BCUT2D eigenvalue weighted by atomic mass is 10.1. The van der Waals surface area contributed by atoms with E-state index in [4.69, 9.17) is 0 Å². The van der Waals surface area contributed by atoms with E-state index in [1.165, 1.54) is 5.56 Å². The molecule has 0 bridgehead atoms. The highest BCUT2D eigenvalue weighted by molar-refractivity contribution is 6.04. The minimum Gasteiger partial charge on any atom is -0.324 e. The molecular formula is C30H35N7O. The topological polar surface area (TPSA) is 86.3 Å². The highest BCUT2D eigenvalue weighted by Gasteiger charge is 2.14. The highest BCUT2D eigenvalue weighted by atomic mass is 16.1. The van der Waals surface area contributed by atoms with E-state index in [-0.39, 0.29) is 13.3 Å². The zero-order valence-corrected chi connectivity index (χ0v) is 21.2. The van der Waals surface area contributed by atoms with E-state index in [1.54, 1.807) is 18.6 Å². The summed E-state index contributed by atoms with van der Waals surface area (Å²) in [6.07, 6.45) is 5.22. The van der Waals surface area contributed by atoms with Gasteiger partial charge in [0.2, 0.25) is 5.95 Å². The summed E-state index contributed by atoms with van der Waals surface area (Å²) >= 11 is 0. The maximum atomic E-state index is 12.9. The molecule has 1 aliphatic heterocycles. The van der Waals surface area contributed by atoms with Gasteiger partial charge in [0, 0.05) is 73.8 Å². The third-order valence-electron chi connectivity index (χ3n) is 6.57. The Morgan fingerprint density at radius 1 is 0.974 bits per heavy atom. The van der Waals surface area contributed by atoms with E-state index in [0.717, 1.165) is 55.2 Å². The molecule has 1 saturated heterocycles. The highest BCUT2D eigenvalue weighted by Crippen LogP contribution is 2.24. The minimum atomic E-state index is -0.143. The number of rotatable bonds is 7. The molecule has 1 amide bonds. The molecule has 0 spiro atoms. The van der Waals surface area contributed by atoms with Gasteiger partial charge in [-0.3, -0.25) is 14.7 Å². The molecule has 2 N–H and O–H groups in total. The Labute approximate surface area is 224 Å². The number of aromatic nitrogens is 3. The van der Waals surface area contributed by atoms with Crippen LogP contribution in [-0.2, 0) is 6.54 Å². The number of nitrogens with zero attached hydrogens (tertiary/aromatic N) is 5. The van der Waals surface area contributed by atoms with Gasteiger partial charge in [0.25, 0.3) is 5.91 Å². The predicted octanol–water partition coefficient (Wildman–Crippen LogP) is 5.23. The number of aryl methyl sites for hydroxylation is 1. The Kier molecular flexibility index (Phi) is 8.78. The molecule has 1 fully saturated rings. The molecule has 0 unspecified atom stereocenters. The second-order valence-corrected chi connectivity index (χ2v) is 9.39. The second kappa shape index (κ2) is 12.4. The molecule has 2 aromatic carbocycles. The lowest BCUT2D eigenvalue weighted by Crippen LogP contribution is -2.43. The van der Waals surface area contributed by atoms with E-state index in [2.05, 4.69) is 42.4 Å². The molecule has 1 aliphatic rings. The van der Waals surface area contributed by atoms with E-state index < -0.39 is 0 Å². The summed E-state index contributed by atoms with van der Waals surface area (Å²) < 4.78 is 0. The van der Waals surface area contributed by atoms with Crippen molar-refractivity contribution in [3.8, 4) is 11.3 Å². The maximum Gasteiger partial charge on any atom is 0.255 e. The molecule has 8 nitrogen and oxygen atoms in total. The molecule has 8 heteroatoms. The number of piperazine rings is 1. The summed E-state index contributed by atoms with van der Waals surface area (Å²) in [5.74, 6) is 0.333. The third kappa shape index (κ3) is 6.79. The number of benzene rings is 2. The van der Waals surface area contributed by atoms with Crippen LogP contribution in [0.1, 0.15) is 28.9 Å². The molecule has 38 heavy (non-hydrogen) atoms. The van der Waals surface area contributed by atoms with Gasteiger partial charge in [0.1, 0.15) is 0 Å². The van der Waals surface area contributed by atoms with Crippen molar-refractivity contribution in [2.75, 3.05) is 43.9 Å². The van der Waals surface area contributed by atoms with Gasteiger partial charge in [-0.05, 0) is 67.6 Å². The molecule has 0 radical (unpaired) electrons. The van der Waals surface area contributed by atoms with Crippen molar-refractivity contribution < 1.29 is 4.79 Å². The first kappa shape index (κ1) is 26.9. The van der Waals surface area contributed by atoms with E-state index >= 15 is 0 Å². The first-order chi connectivity index (χ1) is 18.0. The fourth-order valence-electron chi connectivity index (χ4n) is 4.28. The van der Waals surface area contributed by atoms with Crippen molar-refractivity contribution in [2.24, 2.45) is 0 Å². The van der Waals surface area contributed by atoms with Crippen LogP contribution in [0.15, 0.2) is 79.3 Å². The van der Waals surface area contributed by atoms with Crippen molar-refractivity contribution in [1.29, 1.82) is 0 Å². The number of anilines is 3. The Balaban J connectivity index is 0.00000336. The Hall–Kier alpha value is -4.14. The van der Waals surface area contributed by atoms with Crippen LogP contribution in [0.3, 0.4) is 0 Å². The summed E-state index contributed by atoms with van der Waals surface area (Å²) in [5, 5.41) is 6.29. The molecule has 0 aliphatic carbocycles. The standard InChI is InChI=1S/C29H31N7O.CH4/c1-21-5-10-25(18-27(21)34-29-31-13-11-26(33-29)24-4-3-12-30-19-24)32-28(37)23-8-6-22(7-9-23)20-36-16-14-35(2)15-17-36;/h3-13,18-19H,14-17,20H2,1-2H3,(H,32,37)(H,31,33,34);1H4. The average molecular weight is 510 g/mol. The number of carbonyl (C=O) groups is 1. The first-order valence-corrected chi connectivity index (χ1v) is 12.5. The Morgan fingerprint density at radius 3 is 2.50 bits per heavy atom. The molecule has 0 saturated carbocycles. The molecule has 5 rings (SSSR count). The zero-order valence-electron chi connectivity index (χ0n) is 21.2. The fourth-order valence-corrected chi connectivity index (χ4v) is 4.28. The van der Waals surface area contributed by atoms with E-state index in [1.807, 2.05) is 67.6 Å². The Bertz CT molecular complexity index is 1350. The van der Waals surface area contributed by atoms with Crippen molar-refractivity contribution in [1.82, 2.24) is 24.8 Å². The smallest absolute Gasteiger partial charge is 0.255 e. The van der Waals surface area contributed by atoms with Crippen LogP contribution in [0.4, 0.5) is 17.3 Å². The SMILES string of the molecule is C.Cc1ccc(NC(=O)c2ccc(CN3CCN(C)CC3)cc2)cc1Nc1nccc(-c2cccnc2)n1. The summed E-state index contributed by atoms with van der Waals surface area (Å²) in [6, 6.07) is 19.3. The number of likely N-dealkylation sites (N-methyl/N-ethyl adjacent to an activating group) is 1. The van der Waals surface area contributed by atoms with Gasteiger partial charge < -0.3 is 15.5 Å². The molecule has 2 aromatic heterocycles. The molecule has 3 heterocycles. The number of pyridine rings is 1. The summed E-state index contributed by atoms with van der Waals surface area (Å²) in [7, 11) is 2.16. The van der Waals surface area contributed by atoms with Gasteiger partial charge in [-0.2, -0.15) is 0 Å². The van der Waals surface area contributed by atoms with Crippen LogP contribution in [0.5, 0.6) is 0 Å². The van der Waals surface area contributed by atoms with Gasteiger partial charge in [-0.25, -0.2) is 9.97 Å². The number of hydrogen-bond acceptors (Lipinski definition) is 7. The van der Waals surface area contributed by atoms with Crippen molar-refractivity contribution in [3.63, 3.8) is 0 Å². The van der Waals surface area contributed by atoms with Crippen molar-refractivity contribution >= 4 is 23.2 Å². The monoisotopic (exact) mass is 509 g/mol. The van der Waals surface area contributed by atoms with Gasteiger partial charge in [0.05, 0.1) is 5.69 Å². The zero-order chi connectivity index (χ0) is 25.6. The predicted molar refractivity (Wildman–Crippen MR) is 154 cm³/mol. The maximum absolute atomic E-state index is 12.9. The normalized spacial score (nSPS) is 13.9. The van der Waals surface area contributed by atoms with Gasteiger partial charge >= 0.3 is 0 Å². The largest absolute Gasteiger partial charge is 0.324 e. The molecule has 196 valence electrons. The summed E-state index contributed by atoms with van der Waals surface area (Å²) in [6.45, 7) is 7.24. The summed E-state index contributed by atoms with van der Waals surface area (Å²) in [5.41, 5.74) is 6.08. The first-order valence-electron chi connectivity index (χ1n) is 12.5. The van der Waals surface area contributed by atoms with Crippen LogP contribution < -0.4 is 10.6 Å². The van der Waals surface area contributed by atoms with Gasteiger partial charge in [-0.15, -0.1) is 0 Å². The number of carbonyl (C=O) groups excluding carboxylic acids is 1. The molecular weight excluding hydrogens is 474 g/mol. The van der Waals surface area contributed by atoms with Gasteiger partial charge in [-0.1, -0.05) is 25.6 Å². The van der Waals surface area contributed by atoms with Crippen molar-refractivity contribution in [2.45, 2.75) is 20.9 Å². The van der Waals surface area contributed by atoms with Crippen LogP contribution in [0.2, 0.25) is 0 Å². The average Bonchev–Trinajstić information content (AvgIpc) is 2.93. The molecule has 4 aromatic rings. The van der Waals surface area contributed by atoms with Crippen LogP contribution in [-0.4, -0.2) is 63.9 Å². The fraction of sp³-hybridized carbons (Fsp3) is 0.267. The van der Waals surface area contributed by atoms with E-state index in [0.29, 0.717) is 17.2 Å². The minimum absolute atomic E-state index is 0. The number of nitrogens with one attached hydrogen (secondary N) is 2.